The van der Waals surface area contributed by atoms with Gasteiger partial charge < -0.3 is 15.1 Å². The highest BCUT2D eigenvalue weighted by Crippen LogP contribution is 2.27. The van der Waals surface area contributed by atoms with Gasteiger partial charge in [0.05, 0.1) is 11.8 Å². The number of hydrogen-bond acceptors (Lipinski definition) is 4. The molecule has 150 valence electrons. The van der Waals surface area contributed by atoms with Crippen molar-refractivity contribution in [3.8, 4) is 0 Å². The molecular weight excluding hydrogens is 355 g/mol. The smallest absolute Gasteiger partial charge is 0.258 e. The largest absolute Gasteiger partial charge is 0.371 e. The fourth-order valence-electron chi connectivity index (χ4n) is 3.76. The maximum Gasteiger partial charge on any atom is 0.258 e. The lowest BCUT2D eigenvalue weighted by Crippen LogP contribution is -2.46. The molecule has 0 atom stereocenters. The van der Waals surface area contributed by atoms with Gasteiger partial charge in [0.2, 0.25) is 0 Å². The van der Waals surface area contributed by atoms with Gasteiger partial charge in [0.1, 0.15) is 11.6 Å². The number of pyridine rings is 1. The van der Waals surface area contributed by atoms with Crippen LogP contribution in [0.25, 0.3) is 0 Å². The molecular formula is C22H29FN4O. The second-order valence-corrected chi connectivity index (χ2v) is 7.81. The van der Waals surface area contributed by atoms with Gasteiger partial charge in [-0.3, -0.25) is 4.79 Å². The fraction of sp³-hybridized carbons (Fsp3) is 0.455. The number of nitrogens with one attached hydrogen (secondary N) is 1. The molecule has 1 N–H and O–H groups in total. The number of aryl methyl sites for hydroxylation is 1. The van der Waals surface area contributed by atoms with E-state index < -0.39 is 5.82 Å². The van der Waals surface area contributed by atoms with Crippen LogP contribution < -0.4 is 10.2 Å². The Morgan fingerprint density at radius 3 is 2.57 bits per heavy atom. The predicted molar refractivity (Wildman–Crippen MR) is 111 cm³/mol. The second-order valence-electron chi connectivity index (χ2n) is 7.81. The molecule has 1 aromatic heterocycles. The van der Waals surface area contributed by atoms with Crippen molar-refractivity contribution < 1.29 is 9.18 Å². The number of benzene rings is 1. The van der Waals surface area contributed by atoms with Gasteiger partial charge in [0.25, 0.3) is 5.91 Å². The van der Waals surface area contributed by atoms with Crippen LogP contribution in [0.5, 0.6) is 0 Å². The molecule has 0 aliphatic carbocycles. The summed E-state index contributed by atoms with van der Waals surface area (Å²) in [4.78, 5) is 21.6. The molecule has 0 saturated carbocycles. The number of nitrogens with zero attached hydrogens (tertiary/aromatic N) is 3. The Labute approximate surface area is 166 Å². The van der Waals surface area contributed by atoms with E-state index in [4.69, 9.17) is 0 Å². The van der Waals surface area contributed by atoms with E-state index in [-0.39, 0.29) is 5.91 Å². The first-order chi connectivity index (χ1) is 13.3. The van der Waals surface area contributed by atoms with Crippen LogP contribution in [0.3, 0.4) is 0 Å². The summed E-state index contributed by atoms with van der Waals surface area (Å²) in [6.45, 7) is 8.57. The first-order valence-electron chi connectivity index (χ1n) is 9.85. The van der Waals surface area contributed by atoms with E-state index in [0.717, 1.165) is 43.4 Å². The SMILES string of the molecule is Cc1ccc(N(C)C2CCN(C(C)C)CC2)c(C(=O)Nc2ccc(F)cn2)c1. The molecule has 28 heavy (non-hydrogen) atoms. The maximum atomic E-state index is 13.1. The van der Waals surface area contributed by atoms with E-state index in [1.807, 2.05) is 25.1 Å². The molecule has 6 heteroatoms. The first kappa shape index (κ1) is 20.3. The molecule has 2 aromatic rings. The van der Waals surface area contributed by atoms with Crippen molar-refractivity contribution in [1.82, 2.24) is 9.88 Å². The molecule has 2 heterocycles. The number of hydrogen-bond donors (Lipinski definition) is 1. The minimum atomic E-state index is -0.429. The van der Waals surface area contributed by atoms with Gasteiger partial charge in [0.15, 0.2) is 0 Å². The predicted octanol–water partition coefficient (Wildman–Crippen LogP) is 4.09. The Morgan fingerprint density at radius 2 is 1.96 bits per heavy atom. The summed E-state index contributed by atoms with van der Waals surface area (Å²) in [5, 5.41) is 2.78. The van der Waals surface area contributed by atoms with Gasteiger partial charge in [-0.2, -0.15) is 0 Å². The number of carbonyl (C=O) groups excluding carboxylic acids is 1. The van der Waals surface area contributed by atoms with Crippen LogP contribution in [0.15, 0.2) is 36.5 Å². The molecule has 1 aromatic carbocycles. The lowest BCUT2D eigenvalue weighted by molar-refractivity contribution is 0.102. The summed E-state index contributed by atoms with van der Waals surface area (Å²) in [5.74, 6) is -0.322. The zero-order chi connectivity index (χ0) is 20.3. The molecule has 0 spiro atoms. The number of amides is 1. The lowest BCUT2D eigenvalue weighted by Gasteiger charge is -2.40. The van der Waals surface area contributed by atoms with Crippen molar-refractivity contribution in [2.75, 3.05) is 30.4 Å². The van der Waals surface area contributed by atoms with Gasteiger partial charge >= 0.3 is 0 Å². The van der Waals surface area contributed by atoms with Gasteiger partial charge in [-0.15, -0.1) is 0 Å². The quantitative estimate of drug-likeness (QED) is 0.844. The zero-order valence-corrected chi connectivity index (χ0v) is 17.1. The number of halogens is 1. The van der Waals surface area contributed by atoms with Crippen molar-refractivity contribution in [2.24, 2.45) is 0 Å². The lowest BCUT2D eigenvalue weighted by atomic mass is 10.00. The number of carbonyl (C=O) groups is 1. The number of piperidine rings is 1. The van der Waals surface area contributed by atoms with Crippen molar-refractivity contribution in [2.45, 2.75) is 45.7 Å². The Bertz CT molecular complexity index is 814. The molecule has 1 saturated heterocycles. The third kappa shape index (κ3) is 4.68. The molecule has 1 aliphatic rings. The van der Waals surface area contributed by atoms with Crippen LogP contribution in [0.2, 0.25) is 0 Å². The molecule has 0 unspecified atom stereocenters. The van der Waals surface area contributed by atoms with Gasteiger partial charge in [0, 0.05) is 37.9 Å². The van der Waals surface area contributed by atoms with Crippen LogP contribution >= 0.6 is 0 Å². The molecule has 1 aliphatic heterocycles. The summed E-state index contributed by atoms with van der Waals surface area (Å²) < 4.78 is 13.1. The molecule has 5 nitrogen and oxygen atoms in total. The minimum Gasteiger partial charge on any atom is -0.371 e. The van der Waals surface area contributed by atoms with Gasteiger partial charge in [-0.1, -0.05) is 11.6 Å². The standard InChI is InChI=1S/C22H29FN4O/c1-15(2)27-11-9-18(10-12-27)26(4)20-7-5-16(3)13-19(20)22(28)25-21-8-6-17(23)14-24-21/h5-8,13-15,18H,9-12H2,1-4H3,(H,24,25,28). The third-order valence-corrected chi connectivity index (χ3v) is 5.52. The van der Waals surface area contributed by atoms with Crippen molar-refractivity contribution >= 4 is 17.4 Å². The van der Waals surface area contributed by atoms with Gasteiger partial charge in [-0.05, 0) is 57.9 Å². The van der Waals surface area contributed by atoms with Crippen LogP contribution in [-0.2, 0) is 0 Å². The second kappa shape index (κ2) is 8.69. The number of rotatable bonds is 5. The van der Waals surface area contributed by atoms with E-state index in [9.17, 15) is 9.18 Å². The van der Waals surface area contributed by atoms with E-state index in [0.29, 0.717) is 23.5 Å². The monoisotopic (exact) mass is 384 g/mol. The zero-order valence-electron chi connectivity index (χ0n) is 17.1. The van der Waals surface area contributed by atoms with E-state index >= 15 is 0 Å². The average Bonchev–Trinajstić information content (AvgIpc) is 2.69. The summed E-state index contributed by atoms with van der Waals surface area (Å²) in [5.41, 5.74) is 2.54. The first-order valence-corrected chi connectivity index (χ1v) is 9.85. The Hall–Kier alpha value is -2.47. The highest BCUT2D eigenvalue weighted by molar-refractivity contribution is 6.07. The summed E-state index contributed by atoms with van der Waals surface area (Å²) >= 11 is 0. The van der Waals surface area contributed by atoms with E-state index in [1.165, 1.54) is 12.1 Å². The Kier molecular flexibility index (Phi) is 6.29. The van der Waals surface area contributed by atoms with E-state index in [2.05, 4.69) is 41.0 Å². The van der Waals surface area contributed by atoms with Crippen molar-refractivity contribution in [3.63, 3.8) is 0 Å². The van der Waals surface area contributed by atoms with Crippen LogP contribution in [-0.4, -0.2) is 48.0 Å². The van der Waals surface area contributed by atoms with E-state index in [1.54, 1.807) is 0 Å². The Balaban J connectivity index is 1.78. The molecule has 1 fully saturated rings. The maximum absolute atomic E-state index is 13.1. The van der Waals surface area contributed by atoms with Crippen LogP contribution in [0.1, 0.15) is 42.6 Å². The summed E-state index contributed by atoms with van der Waals surface area (Å²) in [6.07, 6.45) is 3.24. The molecule has 3 rings (SSSR count). The molecule has 1 amide bonds. The third-order valence-electron chi connectivity index (χ3n) is 5.52. The molecule has 0 bridgehead atoms. The topological polar surface area (TPSA) is 48.5 Å². The average molecular weight is 384 g/mol. The summed E-state index contributed by atoms with van der Waals surface area (Å²) in [7, 11) is 2.06. The minimum absolute atomic E-state index is 0.232. The summed E-state index contributed by atoms with van der Waals surface area (Å²) in [6, 6.07) is 9.65. The number of aromatic nitrogens is 1. The number of anilines is 2. The van der Waals surface area contributed by atoms with Crippen LogP contribution in [0.4, 0.5) is 15.9 Å². The van der Waals surface area contributed by atoms with Crippen molar-refractivity contribution in [3.05, 3.63) is 53.5 Å². The van der Waals surface area contributed by atoms with Gasteiger partial charge in [-0.25, -0.2) is 9.37 Å². The highest BCUT2D eigenvalue weighted by atomic mass is 19.1. The fourth-order valence-corrected chi connectivity index (χ4v) is 3.76. The van der Waals surface area contributed by atoms with Crippen LogP contribution in [0, 0.1) is 12.7 Å². The number of likely N-dealkylation sites (tertiary alicyclic amines) is 1. The normalized spacial score (nSPS) is 15.6. The van der Waals surface area contributed by atoms with Crippen molar-refractivity contribution in [1.29, 1.82) is 0 Å². The molecule has 0 radical (unpaired) electrons. The highest BCUT2D eigenvalue weighted by Gasteiger charge is 2.26. The Morgan fingerprint density at radius 1 is 1.25 bits per heavy atom.